The number of fused-ring (bicyclic) bond motifs is 2. The Hall–Kier alpha value is -1.00. The van der Waals surface area contributed by atoms with Crippen LogP contribution in [-0.2, 0) is 0 Å². The summed E-state index contributed by atoms with van der Waals surface area (Å²) in [5, 5.41) is 0. The summed E-state index contributed by atoms with van der Waals surface area (Å²) >= 11 is 7.39. The lowest BCUT2D eigenvalue weighted by Crippen LogP contribution is -2.06. The Morgan fingerprint density at radius 2 is 1.84 bits per heavy atom. The first kappa shape index (κ1) is 13.0. The molecule has 2 unspecified atom stereocenters. The monoisotopic (exact) mass is 379 g/mol. The fourth-order valence-corrected chi connectivity index (χ4v) is 3.71. The van der Waals surface area contributed by atoms with Gasteiger partial charge in [0.1, 0.15) is 5.69 Å². The molecule has 2 atom stereocenters. The van der Waals surface area contributed by atoms with Crippen molar-refractivity contribution in [3.8, 4) is 0 Å². The average molecular weight is 381 g/mol. The van der Waals surface area contributed by atoms with Gasteiger partial charge in [0, 0.05) is 11.8 Å². The molecular formula is C15H11Br2NO. The third-order valence-corrected chi connectivity index (χ3v) is 6.11. The zero-order valence-corrected chi connectivity index (χ0v) is 13.4. The molecule has 2 nitrogen and oxygen atoms in total. The van der Waals surface area contributed by atoms with Crippen LogP contribution in [-0.4, -0.2) is 10.8 Å². The van der Waals surface area contributed by atoms with E-state index in [2.05, 4.69) is 42.9 Å². The van der Waals surface area contributed by atoms with Crippen molar-refractivity contribution in [1.29, 1.82) is 0 Å². The zero-order valence-electron chi connectivity index (χ0n) is 10.2. The minimum absolute atomic E-state index is 0.00278. The number of aromatic nitrogens is 1. The molecule has 0 bridgehead atoms. The normalized spacial score (nSPS) is 21.5. The Balaban J connectivity index is 2.30. The van der Waals surface area contributed by atoms with Gasteiger partial charge in [0.15, 0.2) is 0 Å². The van der Waals surface area contributed by atoms with Crippen molar-refractivity contribution in [2.24, 2.45) is 0 Å². The molecule has 0 fully saturated rings. The molecule has 4 heteroatoms. The molecule has 19 heavy (non-hydrogen) atoms. The van der Waals surface area contributed by atoms with Gasteiger partial charge in [-0.2, -0.15) is 0 Å². The molecule has 96 valence electrons. The summed E-state index contributed by atoms with van der Waals surface area (Å²) in [6.45, 7) is 2.03. The van der Waals surface area contributed by atoms with Crippen molar-refractivity contribution >= 4 is 37.6 Å². The van der Waals surface area contributed by atoms with Gasteiger partial charge in [-0.1, -0.05) is 61.7 Å². The molecule has 0 saturated heterocycles. The predicted octanol–water partition coefficient (Wildman–Crippen LogP) is 4.51. The molecule has 0 N–H and O–H groups in total. The minimum atomic E-state index is -0.00278. The van der Waals surface area contributed by atoms with Crippen LogP contribution in [0.5, 0.6) is 0 Å². The van der Waals surface area contributed by atoms with E-state index in [1.54, 1.807) is 6.20 Å². The van der Waals surface area contributed by atoms with Crippen molar-refractivity contribution in [2.45, 2.75) is 16.6 Å². The summed E-state index contributed by atoms with van der Waals surface area (Å²) in [4.78, 5) is 17.0. The van der Waals surface area contributed by atoms with E-state index in [1.807, 2.05) is 31.2 Å². The summed E-state index contributed by atoms with van der Waals surface area (Å²) in [6.07, 6.45) is 1.67. The van der Waals surface area contributed by atoms with Crippen LogP contribution in [0, 0.1) is 6.92 Å². The molecule has 0 spiro atoms. The Kier molecular flexibility index (Phi) is 3.31. The number of aryl methyl sites for hydroxylation is 1. The number of hydrogen-bond donors (Lipinski definition) is 0. The van der Waals surface area contributed by atoms with Crippen LogP contribution in [0.3, 0.4) is 0 Å². The van der Waals surface area contributed by atoms with E-state index in [-0.39, 0.29) is 15.4 Å². The topological polar surface area (TPSA) is 30.0 Å². The molecule has 1 aromatic carbocycles. The van der Waals surface area contributed by atoms with Crippen LogP contribution in [0.1, 0.15) is 42.4 Å². The maximum Gasteiger partial charge on any atom is 0.211 e. The Labute approximate surface area is 128 Å². The number of hydrogen-bond acceptors (Lipinski definition) is 2. The first-order chi connectivity index (χ1) is 9.09. The van der Waals surface area contributed by atoms with E-state index < -0.39 is 0 Å². The minimum Gasteiger partial charge on any atom is -0.287 e. The quantitative estimate of drug-likeness (QED) is 0.629. The Bertz CT molecular complexity index is 669. The standard InChI is InChI=1S/C15H11Br2NO/c1-8-4-5-9-11(7-8)13(17)12(16)10-3-2-6-18-14(10)15(9)19/h2-7,12-13H,1H3. The van der Waals surface area contributed by atoms with Crippen molar-refractivity contribution in [3.05, 3.63) is 64.5 Å². The summed E-state index contributed by atoms with van der Waals surface area (Å²) in [5.41, 5.74) is 4.37. The van der Waals surface area contributed by atoms with Crippen LogP contribution < -0.4 is 0 Å². The molecule has 0 aliphatic heterocycles. The van der Waals surface area contributed by atoms with Gasteiger partial charge in [-0.05, 0) is 24.1 Å². The molecule has 0 amide bonds. The number of carbonyl (C=O) groups is 1. The largest absolute Gasteiger partial charge is 0.287 e. The maximum absolute atomic E-state index is 12.6. The Morgan fingerprint density at radius 1 is 1.11 bits per heavy atom. The van der Waals surface area contributed by atoms with Crippen molar-refractivity contribution < 1.29 is 4.79 Å². The first-order valence-electron chi connectivity index (χ1n) is 5.98. The third-order valence-electron chi connectivity index (χ3n) is 3.36. The highest BCUT2D eigenvalue weighted by atomic mass is 79.9. The number of rotatable bonds is 0. The average Bonchev–Trinajstić information content (AvgIpc) is 2.51. The molecule has 1 aliphatic carbocycles. The predicted molar refractivity (Wildman–Crippen MR) is 82.2 cm³/mol. The molecule has 0 radical (unpaired) electrons. The lowest BCUT2D eigenvalue weighted by Gasteiger charge is -2.16. The van der Waals surface area contributed by atoms with Crippen molar-refractivity contribution in [1.82, 2.24) is 4.98 Å². The van der Waals surface area contributed by atoms with Gasteiger partial charge >= 0.3 is 0 Å². The second-order valence-electron chi connectivity index (χ2n) is 4.66. The van der Waals surface area contributed by atoms with Gasteiger partial charge in [0.2, 0.25) is 5.78 Å². The van der Waals surface area contributed by atoms with Crippen LogP contribution >= 0.6 is 31.9 Å². The van der Waals surface area contributed by atoms with E-state index in [0.717, 1.165) is 22.3 Å². The zero-order chi connectivity index (χ0) is 13.6. The van der Waals surface area contributed by atoms with Gasteiger partial charge in [-0.25, -0.2) is 0 Å². The fraction of sp³-hybridized carbons (Fsp3) is 0.200. The lowest BCUT2D eigenvalue weighted by atomic mass is 9.99. The van der Waals surface area contributed by atoms with E-state index >= 15 is 0 Å². The van der Waals surface area contributed by atoms with Crippen molar-refractivity contribution in [3.63, 3.8) is 0 Å². The van der Waals surface area contributed by atoms with Crippen LogP contribution in [0.2, 0.25) is 0 Å². The summed E-state index contributed by atoms with van der Waals surface area (Å²) in [6, 6.07) is 9.74. The van der Waals surface area contributed by atoms with Crippen LogP contribution in [0.4, 0.5) is 0 Å². The van der Waals surface area contributed by atoms with Crippen LogP contribution in [0.15, 0.2) is 36.5 Å². The number of nitrogens with zero attached hydrogens (tertiary/aromatic N) is 1. The smallest absolute Gasteiger partial charge is 0.211 e. The maximum atomic E-state index is 12.6. The van der Waals surface area contributed by atoms with Gasteiger partial charge in [-0.3, -0.25) is 9.78 Å². The molecular weight excluding hydrogens is 370 g/mol. The second kappa shape index (κ2) is 4.84. The number of halogens is 2. The number of pyridine rings is 1. The van der Waals surface area contributed by atoms with Gasteiger partial charge in [0.05, 0.1) is 9.65 Å². The van der Waals surface area contributed by atoms with Gasteiger partial charge in [0.25, 0.3) is 0 Å². The molecule has 2 aromatic rings. The van der Waals surface area contributed by atoms with Gasteiger partial charge in [-0.15, -0.1) is 0 Å². The number of carbonyl (C=O) groups excluding carboxylic acids is 1. The SMILES string of the molecule is Cc1ccc2c(c1)C(Br)C(Br)c1cccnc1C2=O. The number of benzene rings is 1. The summed E-state index contributed by atoms with van der Waals surface area (Å²) in [5.74, 6) is -0.00278. The van der Waals surface area contributed by atoms with Crippen molar-refractivity contribution in [2.75, 3.05) is 0 Å². The highest BCUT2D eigenvalue weighted by Crippen LogP contribution is 2.47. The molecule has 1 heterocycles. The molecule has 3 rings (SSSR count). The molecule has 1 aromatic heterocycles. The number of alkyl halides is 2. The summed E-state index contributed by atoms with van der Waals surface area (Å²) < 4.78 is 0. The lowest BCUT2D eigenvalue weighted by molar-refractivity contribution is 0.103. The first-order valence-corrected chi connectivity index (χ1v) is 7.81. The van der Waals surface area contributed by atoms with Crippen LogP contribution in [0.25, 0.3) is 0 Å². The fourth-order valence-electron chi connectivity index (χ4n) is 2.39. The third kappa shape index (κ3) is 2.07. The van der Waals surface area contributed by atoms with E-state index in [1.165, 1.54) is 0 Å². The van der Waals surface area contributed by atoms with Gasteiger partial charge < -0.3 is 0 Å². The van der Waals surface area contributed by atoms with E-state index in [0.29, 0.717) is 5.69 Å². The molecule has 0 saturated carbocycles. The Morgan fingerprint density at radius 3 is 2.63 bits per heavy atom. The highest BCUT2D eigenvalue weighted by molar-refractivity contribution is 9.12. The second-order valence-corrected chi connectivity index (χ2v) is 6.64. The molecule has 1 aliphatic rings. The highest BCUT2D eigenvalue weighted by Gasteiger charge is 2.32. The van der Waals surface area contributed by atoms with E-state index in [9.17, 15) is 4.79 Å². The number of ketones is 1. The summed E-state index contributed by atoms with van der Waals surface area (Å²) in [7, 11) is 0. The van der Waals surface area contributed by atoms with E-state index in [4.69, 9.17) is 0 Å².